The Bertz CT molecular complexity index is 1080. The van der Waals surface area contributed by atoms with Gasteiger partial charge in [-0.2, -0.15) is 0 Å². The Hall–Kier alpha value is -2.70. The van der Waals surface area contributed by atoms with Gasteiger partial charge in [-0.3, -0.25) is 0 Å². The van der Waals surface area contributed by atoms with Crippen molar-refractivity contribution < 1.29 is 0 Å². The minimum Gasteiger partial charge on any atom is -0.354 e. The normalized spacial score (nSPS) is 12.7. The van der Waals surface area contributed by atoms with Crippen LogP contribution >= 0.6 is 37.2 Å². The average Bonchev–Trinajstić information content (AvgIpc) is 2.85. The van der Waals surface area contributed by atoms with Gasteiger partial charge in [0.1, 0.15) is 5.82 Å². The number of rotatable bonds is 4. The topological polar surface area (TPSA) is 53.9 Å². The van der Waals surface area contributed by atoms with Gasteiger partial charge >= 0.3 is 0 Å². The second-order valence-electron chi connectivity index (χ2n) is 7.33. The van der Waals surface area contributed by atoms with Gasteiger partial charge < -0.3 is 10.2 Å². The van der Waals surface area contributed by atoms with Crippen molar-refractivity contribution >= 4 is 43.0 Å². The lowest BCUT2D eigenvalue weighted by molar-refractivity contribution is 0.585. The number of nitrogens with one attached hydrogen (secondary N) is 1. The summed E-state index contributed by atoms with van der Waals surface area (Å²) in [6, 6.07) is 26.6. The Morgan fingerprint density at radius 2 is 1.21 bits per heavy atom. The third-order valence-electron chi connectivity index (χ3n) is 5.31. The first-order valence-corrected chi connectivity index (χ1v) is 10.3. The van der Waals surface area contributed by atoms with Crippen molar-refractivity contribution in [2.45, 2.75) is 0 Å². The van der Waals surface area contributed by atoms with Crippen molar-refractivity contribution in [2.24, 2.45) is 0 Å². The van der Waals surface area contributed by atoms with Crippen LogP contribution in [0.2, 0.25) is 0 Å². The summed E-state index contributed by atoms with van der Waals surface area (Å²) in [5, 5.41) is 3.39. The van der Waals surface area contributed by atoms with E-state index in [-0.39, 0.29) is 37.2 Å². The van der Waals surface area contributed by atoms with Crippen LogP contribution in [0.1, 0.15) is 0 Å². The molecule has 2 aromatic carbocycles. The zero-order chi connectivity index (χ0) is 20.2. The van der Waals surface area contributed by atoms with Crippen molar-refractivity contribution in [3.63, 3.8) is 0 Å². The minimum absolute atomic E-state index is 0. The number of hydrogen-bond acceptors (Lipinski definition) is 5. The molecule has 172 valence electrons. The zero-order valence-electron chi connectivity index (χ0n) is 17.9. The SMILES string of the molecule is Cl.Cl.Cl.c1ccc(-c2cc(-c3ccnc(N4CCNCC4)c3)nc(-c3ccccc3)n2)cc1. The highest BCUT2D eigenvalue weighted by Crippen LogP contribution is 2.28. The molecule has 5 nitrogen and oxygen atoms in total. The molecular formula is C25H26Cl3N5. The predicted octanol–water partition coefficient (Wildman–Crippen LogP) is 5.55. The van der Waals surface area contributed by atoms with E-state index in [4.69, 9.17) is 9.97 Å². The van der Waals surface area contributed by atoms with E-state index in [1.54, 1.807) is 0 Å². The molecule has 0 bridgehead atoms. The highest BCUT2D eigenvalue weighted by molar-refractivity contribution is 5.86. The van der Waals surface area contributed by atoms with Crippen LogP contribution in [-0.2, 0) is 0 Å². The first-order valence-electron chi connectivity index (χ1n) is 10.3. The standard InChI is InChI=1S/C25H23N5.3ClH/c1-3-7-19(8-4-1)22-18-23(29-25(28-22)20-9-5-2-6-10-20)21-11-12-27-24(17-21)30-15-13-26-14-16-30;;;/h1-12,17-18,26H,13-16H2;3*1H. The minimum atomic E-state index is 0. The van der Waals surface area contributed by atoms with E-state index in [0.29, 0.717) is 0 Å². The maximum Gasteiger partial charge on any atom is 0.160 e. The number of nitrogens with zero attached hydrogens (tertiary/aromatic N) is 4. The van der Waals surface area contributed by atoms with Crippen LogP contribution in [0.3, 0.4) is 0 Å². The molecule has 1 aliphatic heterocycles. The van der Waals surface area contributed by atoms with Crippen LogP contribution in [0, 0.1) is 0 Å². The summed E-state index contributed by atoms with van der Waals surface area (Å²) in [7, 11) is 0. The predicted molar refractivity (Wildman–Crippen MR) is 143 cm³/mol. The quantitative estimate of drug-likeness (QED) is 0.397. The summed E-state index contributed by atoms with van der Waals surface area (Å²) in [5.41, 5.74) is 4.96. The monoisotopic (exact) mass is 501 g/mol. The van der Waals surface area contributed by atoms with Crippen LogP contribution < -0.4 is 10.2 Å². The van der Waals surface area contributed by atoms with Gasteiger partial charge in [0.05, 0.1) is 11.4 Å². The van der Waals surface area contributed by atoms with Gasteiger partial charge in [-0.05, 0) is 18.2 Å². The van der Waals surface area contributed by atoms with Gasteiger partial charge in [-0.15, -0.1) is 37.2 Å². The second-order valence-corrected chi connectivity index (χ2v) is 7.33. The number of anilines is 1. The summed E-state index contributed by atoms with van der Waals surface area (Å²) < 4.78 is 0. The largest absolute Gasteiger partial charge is 0.354 e. The van der Waals surface area contributed by atoms with E-state index in [1.165, 1.54) is 0 Å². The fourth-order valence-corrected chi connectivity index (χ4v) is 3.71. The lowest BCUT2D eigenvalue weighted by atomic mass is 10.1. The molecule has 1 saturated heterocycles. The molecule has 1 fully saturated rings. The van der Waals surface area contributed by atoms with Gasteiger partial charge in [0.15, 0.2) is 5.82 Å². The van der Waals surface area contributed by atoms with Crippen LogP contribution in [0.5, 0.6) is 0 Å². The van der Waals surface area contributed by atoms with Crippen molar-refractivity contribution in [1.29, 1.82) is 0 Å². The molecule has 0 spiro atoms. The number of hydrogen-bond donors (Lipinski definition) is 1. The van der Waals surface area contributed by atoms with Gasteiger partial charge in [0.2, 0.25) is 0 Å². The molecule has 33 heavy (non-hydrogen) atoms. The molecule has 2 aromatic heterocycles. The summed E-state index contributed by atoms with van der Waals surface area (Å²) in [6.07, 6.45) is 1.87. The van der Waals surface area contributed by atoms with E-state index in [0.717, 1.165) is 65.9 Å². The Kier molecular flexibility index (Phi) is 10.1. The molecular weight excluding hydrogens is 477 g/mol. The van der Waals surface area contributed by atoms with Crippen molar-refractivity contribution in [2.75, 3.05) is 31.1 Å². The Morgan fingerprint density at radius 3 is 1.85 bits per heavy atom. The molecule has 8 heteroatoms. The maximum atomic E-state index is 4.92. The highest BCUT2D eigenvalue weighted by Gasteiger charge is 2.14. The first-order chi connectivity index (χ1) is 14.9. The van der Waals surface area contributed by atoms with Crippen LogP contribution in [0.15, 0.2) is 85.1 Å². The zero-order valence-corrected chi connectivity index (χ0v) is 20.4. The molecule has 1 N–H and O–H groups in total. The summed E-state index contributed by atoms with van der Waals surface area (Å²) in [5.74, 6) is 1.72. The van der Waals surface area contributed by atoms with E-state index >= 15 is 0 Å². The summed E-state index contributed by atoms with van der Waals surface area (Å²) in [6.45, 7) is 3.89. The van der Waals surface area contributed by atoms with Crippen LogP contribution in [-0.4, -0.2) is 41.1 Å². The average molecular weight is 503 g/mol. The molecule has 5 rings (SSSR count). The molecule has 0 radical (unpaired) electrons. The molecule has 4 aromatic rings. The third kappa shape index (κ3) is 6.21. The number of aromatic nitrogens is 3. The lowest BCUT2D eigenvalue weighted by Gasteiger charge is -2.28. The van der Waals surface area contributed by atoms with Gasteiger partial charge in [-0.25, -0.2) is 15.0 Å². The highest BCUT2D eigenvalue weighted by atomic mass is 35.5. The molecule has 3 heterocycles. The summed E-state index contributed by atoms with van der Waals surface area (Å²) >= 11 is 0. The van der Waals surface area contributed by atoms with Gasteiger partial charge in [0.25, 0.3) is 0 Å². The number of halogens is 3. The van der Waals surface area contributed by atoms with Gasteiger partial charge in [0, 0.05) is 49.1 Å². The number of piperazine rings is 1. The Labute approximate surface area is 212 Å². The van der Waals surface area contributed by atoms with Crippen molar-refractivity contribution in [1.82, 2.24) is 20.3 Å². The third-order valence-corrected chi connectivity index (χ3v) is 5.31. The smallest absolute Gasteiger partial charge is 0.160 e. The maximum absolute atomic E-state index is 4.92. The molecule has 1 aliphatic rings. The first kappa shape index (κ1) is 26.6. The van der Waals surface area contributed by atoms with Crippen LogP contribution in [0.4, 0.5) is 5.82 Å². The molecule has 0 amide bonds. The van der Waals surface area contributed by atoms with Crippen molar-refractivity contribution in [3.05, 3.63) is 85.1 Å². The summed E-state index contributed by atoms with van der Waals surface area (Å²) in [4.78, 5) is 16.7. The fraction of sp³-hybridized carbons (Fsp3) is 0.160. The molecule has 0 aliphatic carbocycles. The molecule has 0 saturated carbocycles. The lowest BCUT2D eigenvalue weighted by Crippen LogP contribution is -2.43. The van der Waals surface area contributed by atoms with Crippen molar-refractivity contribution in [3.8, 4) is 33.9 Å². The van der Waals surface area contributed by atoms with Crippen LogP contribution in [0.25, 0.3) is 33.9 Å². The fourth-order valence-electron chi connectivity index (χ4n) is 3.71. The number of benzene rings is 2. The van der Waals surface area contributed by atoms with E-state index in [1.807, 2.05) is 60.8 Å². The van der Waals surface area contributed by atoms with E-state index in [9.17, 15) is 0 Å². The Balaban J connectivity index is 0.00000128. The Morgan fingerprint density at radius 1 is 0.636 bits per heavy atom. The second kappa shape index (κ2) is 12.5. The van der Waals surface area contributed by atoms with E-state index in [2.05, 4.69) is 39.5 Å². The number of pyridine rings is 1. The van der Waals surface area contributed by atoms with E-state index < -0.39 is 0 Å². The van der Waals surface area contributed by atoms with Gasteiger partial charge in [-0.1, -0.05) is 60.7 Å². The molecule has 0 unspecified atom stereocenters. The molecule has 0 atom stereocenters.